The van der Waals surface area contributed by atoms with Crippen molar-refractivity contribution in [3.63, 3.8) is 0 Å². The van der Waals surface area contributed by atoms with Crippen molar-refractivity contribution >= 4 is 17.5 Å². The minimum atomic E-state index is 0.692. The number of aromatic nitrogens is 3. The molecule has 2 aromatic rings. The minimum Gasteiger partial charge on any atom is -0.356 e. The van der Waals surface area contributed by atoms with Gasteiger partial charge in [-0.3, -0.25) is 4.99 Å². The van der Waals surface area contributed by atoms with Crippen molar-refractivity contribution in [2.75, 3.05) is 29.9 Å². The maximum absolute atomic E-state index is 4.70. The number of aliphatic imine (C=N–C) groups is 1. The molecule has 6 heteroatoms. The zero-order valence-electron chi connectivity index (χ0n) is 15.8. The molecular weight excluding hydrogens is 336 g/mol. The number of pyridine rings is 1. The zero-order valence-corrected chi connectivity index (χ0v) is 15.8. The highest BCUT2D eigenvalue weighted by atomic mass is 15.2. The number of nitrogens with one attached hydrogen (secondary N) is 1. The summed E-state index contributed by atoms with van der Waals surface area (Å²) in [6.07, 6.45) is 6.75. The molecule has 5 heterocycles. The first-order valence-corrected chi connectivity index (χ1v) is 9.68. The summed E-state index contributed by atoms with van der Waals surface area (Å²) in [5.74, 6) is 5.12. The van der Waals surface area contributed by atoms with Crippen molar-refractivity contribution in [1.82, 2.24) is 15.0 Å². The second-order valence-corrected chi connectivity index (χ2v) is 8.05. The van der Waals surface area contributed by atoms with Gasteiger partial charge in [0.25, 0.3) is 0 Å². The van der Waals surface area contributed by atoms with Gasteiger partial charge in [-0.25, -0.2) is 15.0 Å². The predicted molar refractivity (Wildman–Crippen MR) is 108 cm³/mol. The lowest BCUT2D eigenvalue weighted by Gasteiger charge is -2.47. The molecular formula is C21H24N6. The highest BCUT2D eigenvalue weighted by Crippen LogP contribution is 2.40. The normalized spacial score (nSPS) is 23.6. The molecule has 4 aliphatic rings. The van der Waals surface area contributed by atoms with Crippen LogP contribution < -0.4 is 10.2 Å². The highest BCUT2D eigenvalue weighted by Gasteiger charge is 2.37. The molecule has 2 bridgehead atoms. The highest BCUT2D eigenvalue weighted by molar-refractivity contribution is 6.05. The van der Waals surface area contributed by atoms with Crippen LogP contribution in [0.4, 0.5) is 11.6 Å². The van der Waals surface area contributed by atoms with Gasteiger partial charge in [-0.15, -0.1) is 0 Å². The van der Waals surface area contributed by atoms with E-state index in [0.717, 1.165) is 60.2 Å². The number of piperidine rings is 2. The van der Waals surface area contributed by atoms with Gasteiger partial charge in [-0.1, -0.05) is 0 Å². The van der Waals surface area contributed by atoms with Crippen LogP contribution in [0.3, 0.4) is 0 Å². The Morgan fingerprint density at radius 2 is 1.89 bits per heavy atom. The van der Waals surface area contributed by atoms with Crippen molar-refractivity contribution < 1.29 is 0 Å². The summed E-state index contributed by atoms with van der Waals surface area (Å²) in [7, 11) is 0. The fourth-order valence-electron chi connectivity index (χ4n) is 4.27. The largest absolute Gasteiger partial charge is 0.356 e. The summed E-state index contributed by atoms with van der Waals surface area (Å²) in [5, 5.41) is 3.29. The Morgan fingerprint density at radius 3 is 2.56 bits per heavy atom. The Labute approximate surface area is 159 Å². The summed E-state index contributed by atoms with van der Waals surface area (Å²) in [5.41, 5.74) is 3.10. The van der Waals surface area contributed by atoms with Gasteiger partial charge < -0.3 is 10.2 Å². The van der Waals surface area contributed by atoms with Gasteiger partial charge in [0.15, 0.2) is 5.82 Å². The van der Waals surface area contributed by atoms with Gasteiger partial charge in [-0.05, 0) is 62.3 Å². The van der Waals surface area contributed by atoms with Crippen LogP contribution in [0.15, 0.2) is 41.0 Å². The van der Waals surface area contributed by atoms with Crippen molar-refractivity contribution in [3.8, 4) is 11.4 Å². The number of nitrogens with zero attached hydrogens (tertiary/aromatic N) is 5. The second kappa shape index (κ2) is 6.44. The van der Waals surface area contributed by atoms with Crippen molar-refractivity contribution in [3.05, 3.63) is 41.7 Å². The molecule has 138 valence electrons. The number of amidine groups is 1. The molecule has 0 radical (unpaired) electrons. The van der Waals surface area contributed by atoms with Gasteiger partial charge in [0.2, 0.25) is 0 Å². The molecule has 1 aliphatic carbocycles. The van der Waals surface area contributed by atoms with Gasteiger partial charge in [0.05, 0.1) is 6.54 Å². The van der Waals surface area contributed by atoms with Crippen LogP contribution in [0, 0.1) is 18.8 Å². The Balaban J connectivity index is 1.36. The molecule has 0 amide bonds. The van der Waals surface area contributed by atoms with Gasteiger partial charge in [0.1, 0.15) is 17.5 Å². The Bertz CT molecular complexity index is 914. The second-order valence-electron chi connectivity index (χ2n) is 8.05. The maximum atomic E-state index is 4.70. The van der Waals surface area contributed by atoms with Gasteiger partial charge in [-0.2, -0.15) is 0 Å². The summed E-state index contributed by atoms with van der Waals surface area (Å²) < 4.78 is 0. The van der Waals surface area contributed by atoms with E-state index in [-0.39, 0.29) is 0 Å². The first kappa shape index (κ1) is 16.4. The number of hydrogen-bond acceptors (Lipinski definition) is 6. The third kappa shape index (κ3) is 3.31. The zero-order chi connectivity index (χ0) is 18.4. The van der Waals surface area contributed by atoms with E-state index in [1.165, 1.54) is 18.4 Å². The van der Waals surface area contributed by atoms with Crippen LogP contribution in [-0.2, 0) is 0 Å². The smallest absolute Gasteiger partial charge is 0.163 e. The van der Waals surface area contributed by atoms with Crippen LogP contribution in [0.2, 0.25) is 0 Å². The SMILES string of the molecule is CC1=CC(Nc2cc(C)nc(-c3ccc(N4CC5CC(C5)C4)nc3)n2)=NC1. The first-order chi connectivity index (χ1) is 13.1. The van der Waals surface area contributed by atoms with E-state index in [2.05, 4.69) is 50.3 Å². The Kier molecular flexibility index (Phi) is 3.92. The molecule has 0 aromatic carbocycles. The molecule has 3 fully saturated rings. The van der Waals surface area contributed by atoms with Gasteiger partial charge in [0, 0.05) is 36.6 Å². The van der Waals surface area contributed by atoms with Crippen molar-refractivity contribution in [2.45, 2.75) is 26.7 Å². The van der Waals surface area contributed by atoms with Crippen molar-refractivity contribution in [2.24, 2.45) is 16.8 Å². The van der Waals surface area contributed by atoms with E-state index in [4.69, 9.17) is 4.98 Å². The number of anilines is 2. The lowest BCUT2D eigenvalue weighted by atomic mass is 9.71. The Morgan fingerprint density at radius 1 is 1.07 bits per heavy atom. The summed E-state index contributed by atoms with van der Waals surface area (Å²) >= 11 is 0. The van der Waals surface area contributed by atoms with E-state index >= 15 is 0 Å². The standard InChI is InChI=1S/C21H24N6/c1-13-5-18(22-9-13)25-19-6-14(2)24-21(26-19)17-3-4-20(23-10-17)27-11-15-7-16(8-15)12-27/h3-6,10,15-16H,7-9,11-12H2,1-2H3,(H,22,24,25,26). The summed E-state index contributed by atoms with van der Waals surface area (Å²) in [6.45, 7) is 7.10. The third-order valence-electron chi connectivity index (χ3n) is 5.61. The van der Waals surface area contributed by atoms with Crippen molar-refractivity contribution in [1.29, 1.82) is 0 Å². The van der Waals surface area contributed by atoms with E-state index in [0.29, 0.717) is 5.82 Å². The molecule has 1 saturated carbocycles. The number of rotatable bonds is 3. The van der Waals surface area contributed by atoms with Crippen LogP contribution in [0.5, 0.6) is 0 Å². The lowest BCUT2D eigenvalue weighted by Crippen LogP contribution is -2.48. The molecule has 3 aliphatic heterocycles. The molecule has 2 saturated heterocycles. The predicted octanol–water partition coefficient (Wildman–Crippen LogP) is 3.46. The summed E-state index contributed by atoms with van der Waals surface area (Å²) in [4.78, 5) is 20.8. The van der Waals surface area contributed by atoms with Gasteiger partial charge >= 0.3 is 0 Å². The van der Waals surface area contributed by atoms with Crippen LogP contribution >= 0.6 is 0 Å². The van der Waals surface area contributed by atoms with E-state index < -0.39 is 0 Å². The van der Waals surface area contributed by atoms with E-state index in [1.54, 1.807) is 0 Å². The monoisotopic (exact) mass is 360 g/mol. The topological polar surface area (TPSA) is 66.3 Å². The van der Waals surface area contributed by atoms with Crippen LogP contribution in [0.25, 0.3) is 11.4 Å². The molecule has 27 heavy (non-hydrogen) atoms. The average molecular weight is 360 g/mol. The number of aryl methyl sites for hydroxylation is 1. The lowest BCUT2D eigenvalue weighted by molar-refractivity contribution is 0.158. The molecule has 6 rings (SSSR count). The fraction of sp³-hybridized carbons (Fsp3) is 0.429. The van der Waals surface area contributed by atoms with Crippen LogP contribution in [-0.4, -0.2) is 40.4 Å². The third-order valence-corrected chi connectivity index (χ3v) is 5.61. The first-order valence-electron chi connectivity index (χ1n) is 9.68. The quantitative estimate of drug-likeness (QED) is 0.908. The minimum absolute atomic E-state index is 0.692. The average Bonchev–Trinajstić information content (AvgIpc) is 3.05. The molecule has 6 nitrogen and oxygen atoms in total. The molecule has 1 N–H and O–H groups in total. The molecule has 2 aromatic heterocycles. The van der Waals surface area contributed by atoms with E-state index in [9.17, 15) is 0 Å². The molecule has 0 unspecified atom stereocenters. The van der Waals surface area contributed by atoms with Crippen LogP contribution in [0.1, 0.15) is 25.5 Å². The maximum Gasteiger partial charge on any atom is 0.163 e. The number of fused-ring (bicyclic) bond motifs is 2. The van der Waals surface area contributed by atoms with E-state index in [1.807, 2.05) is 19.2 Å². The molecule has 0 atom stereocenters. The Hall–Kier alpha value is -2.76. The number of hydrogen-bond donors (Lipinski definition) is 1. The fourth-order valence-corrected chi connectivity index (χ4v) is 4.27. The summed E-state index contributed by atoms with van der Waals surface area (Å²) in [6, 6.07) is 6.12. The molecule has 0 spiro atoms.